The molecule has 2 aromatic carbocycles. The predicted octanol–water partition coefficient (Wildman–Crippen LogP) is 5.59. The minimum atomic E-state index is -0.340. The third-order valence-corrected chi connectivity index (χ3v) is 3.63. The van der Waals surface area contributed by atoms with Crippen molar-refractivity contribution in [3.05, 3.63) is 59.9 Å². The summed E-state index contributed by atoms with van der Waals surface area (Å²) in [4.78, 5) is 11.9. The van der Waals surface area contributed by atoms with Crippen LogP contribution in [0, 0.1) is 5.82 Å². The van der Waals surface area contributed by atoms with Crippen LogP contribution < -0.4 is 10.6 Å². The van der Waals surface area contributed by atoms with Crippen LogP contribution in [0.25, 0.3) is 0 Å². The van der Waals surface area contributed by atoms with Gasteiger partial charge in [0.15, 0.2) is 0 Å². The van der Waals surface area contributed by atoms with E-state index in [9.17, 15) is 9.18 Å². The van der Waals surface area contributed by atoms with Gasteiger partial charge in [0.25, 0.3) is 0 Å². The summed E-state index contributed by atoms with van der Waals surface area (Å²) in [7, 11) is 0. The molecule has 122 valence electrons. The van der Waals surface area contributed by atoms with Crippen molar-refractivity contribution in [1.29, 1.82) is 0 Å². The van der Waals surface area contributed by atoms with E-state index >= 15 is 0 Å². The van der Waals surface area contributed by atoms with E-state index in [-0.39, 0.29) is 11.8 Å². The van der Waals surface area contributed by atoms with E-state index in [0.717, 1.165) is 12.1 Å². The zero-order chi connectivity index (χ0) is 16.5. The summed E-state index contributed by atoms with van der Waals surface area (Å²) in [6.07, 6.45) is 6.06. The highest BCUT2D eigenvalue weighted by atomic mass is 19.1. The van der Waals surface area contributed by atoms with E-state index in [0.29, 0.717) is 5.69 Å². The lowest BCUT2D eigenvalue weighted by Crippen LogP contribution is -2.19. The maximum Gasteiger partial charge on any atom is 0.323 e. The lowest BCUT2D eigenvalue weighted by Gasteiger charge is -2.08. The van der Waals surface area contributed by atoms with Crippen LogP contribution in [0.5, 0.6) is 0 Å². The minimum Gasteiger partial charge on any atom is -0.308 e. The van der Waals surface area contributed by atoms with E-state index in [1.165, 1.54) is 55.5 Å². The molecule has 0 aliphatic heterocycles. The van der Waals surface area contributed by atoms with Crippen LogP contribution in [0.15, 0.2) is 48.5 Å². The molecule has 0 aliphatic rings. The number of benzene rings is 2. The average Bonchev–Trinajstić information content (AvgIpc) is 2.55. The van der Waals surface area contributed by atoms with Crippen LogP contribution in [0.3, 0.4) is 0 Å². The number of hydrogen-bond donors (Lipinski definition) is 2. The first-order valence-electron chi connectivity index (χ1n) is 8.10. The van der Waals surface area contributed by atoms with Crippen molar-refractivity contribution < 1.29 is 9.18 Å². The van der Waals surface area contributed by atoms with Crippen LogP contribution in [0.4, 0.5) is 20.6 Å². The maximum absolute atomic E-state index is 12.8. The number of urea groups is 1. The molecular formula is C19H23FN2O. The van der Waals surface area contributed by atoms with Gasteiger partial charge >= 0.3 is 6.03 Å². The molecule has 0 aromatic heterocycles. The number of nitrogens with one attached hydrogen (secondary N) is 2. The fourth-order valence-electron chi connectivity index (χ4n) is 2.34. The van der Waals surface area contributed by atoms with Crippen molar-refractivity contribution in [1.82, 2.24) is 0 Å². The van der Waals surface area contributed by atoms with Crippen LogP contribution in [0.1, 0.15) is 38.2 Å². The molecule has 23 heavy (non-hydrogen) atoms. The second-order valence-corrected chi connectivity index (χ2v) is 5.59. The van der Waals surface area contributed by atoms with Crippen LogP contribution in [-0.4, -0.2) is 6.03 Å². The zero-order valence-corrected chi connectivity index (χ0v) is 13.4. The molecule has 0 saturated carbocycles. The van der Waals surface area contributed by atoms with Gasteiger partial charge in [-0.25, -0.2) is 9.18 Å². The van der Waals surface area contributed by atoms with Gasteiger partial charge < -0.3 is 10.6 Å². The predicted molar refractivity (Wildman–Crippen MR) is 93.3 cm³/mol. The third kappa shape index (κ3) is 6.10. The molecule has 2 rings (SSSR count). The van der Waals surface area contributed by atoms with Crippen molar-refractivity contribution >= 4 is 17.4 Å². The van der Waals surface area contributed by atoms with E-state index < -0.39 is 0 Å². The first-order chi connectivity index (χ1) is 11.2. The standard InChI is InChI=1S/C19H23FN2O/c1-2-3-4-5-6-15-7-11-17(12-8-15)21-19(23)22-18-13-9-16(20)10-14-18/h7-14H,2-6H2,1H3,(H2,21,22,23). The van der Waals surface area contributed by atoms with Gasteiger partial charge in [-0.2, -0.15) is 0 Å². The van der Waals surface area contributed by atoms with E-state index in [1.807, 2.05) is 24.3 Å². The highest BCUT2D eigenvalue weighted by Gasteiger charge is 2.03. The van der Waals surface area contributed by atoms with Crippen molar-refractivity contribution in [2.24, 2.45) is 0 Å². The van der Waals surface area contributed by atoms with Gasteiger partial charge in [-0.15, -0.1) is 0 Å². The fraction of sp³-hybridized carbons (Fsp3) is 0.316. The van der Waals surface area contributed by atoms with Gasteiger partial charge in [0, 0.05) is 11.4 Å². The number of unbranched alkanes of at least 4 members (excludes halogenated alkanes) is 3. The van der Waals surface area contributed by atoms with Crippen molar-refractivity contribution in [3.63, 3.8) is 0 Å². The number of halogens is 1. The lowest BCUT2D eigenvalue weighted by molar-refractivity contribution is 0.262. The number of amides is 2. The van der Waals surface area contributed by atoms with Gasteiger partial charge in [-0.1, -0.05) is 38.3 Å². The van der Waals surface area contributed by atoms with Gasteiger partial charge in [0.05, 0.1) is 0 Å². The number of hydrogen-bond acceptors (Lipinski definition) is 1. The molecule has 0 fully saturated rings. The zero-order valence-electron chi connectivity index (χ0n) is 13.4. The smallest absolute Gasteiger partial charge is 0.308 e. The molecule has 0 bridgehead atoms. The molecule has 0 radical (unpaired) electrons. The fourth-order valence-corrected chi connectivity index (χ4v) is 2.34. The molecule has 0 heterocycles. The lowest BCUT2D eigenvalue weighted by atomic mass is 10.1. The Bertz CT molecular complexity index is 608. The molecule has 2 N–H and O–H groups in total. The quantitative estimate of drug-likeness (QED) is 0.642. The third-order valence-electron chi connectivity index (χ3n) is 3.63. The molecule has 2 aromatic rings. The first-order valence-corrected chi connectivity index (χ1v) is 8.10. The molecule has 3 nitrogen and oxygen atoms in total. The Labute approximate surface area is 136 Å². The second-order valence-electron chi connectivity index (χ2n) is 5.59. The Morgan fingerprint density at radius 3 is 2.00 bits per heavy atom. The van der Waals surface area contributed by atoms with Crippen molar-refractivity contribution in [2.75, 3.05) is 10.6 Å². The van der Waals surface area contributed by atoms with Crippen LogP contribution in [0.2, 0.25) is 0 Å². The molecule has 0 spiro atoms. The van der Waals surface area contributed by atoms with Crippen LogP contribution in [-0.2, 0) is 6.42 Å². The molecule has 0 saturated heterocycles. The minimum absolute atomic E-state index is 0.328. The topological polar surface area (TPSA) is 41.1 Å². The number of rotatable bonds is 7. The van der Waals surface area contributed by atoms with Crippen molar-refractivity contribution in [2.45, 2.75) is 39.0 Å². The Kier molecular flexibility index (Phi) is 6.60. The van der Waals surface area contributed by atoms with Gasteiger partial charge in [0.1, 0.15) is 5.82 Å². The highest BCUT2D eigenvalue weighted by Crippen LogP contribution is 2.14. The molecule has 0 aliphatic carbocycles. The SMILES string of the molecule is CCCCCCc1ccc(NC(=O)Nc2ccc(F)cc2)cc1. The van der Waals surface area contributed by atoms with E-state index in [2.05, 4.69) is 17.6 Å². The summed E-state index contributed by atoms with van der Waals surface area (Å²) in [5, 5.41) is 5.43. The highest BCUT2D eigenvalue weighted by molar-refractivity contribution is 5.99. The summed E-state index contributed by atoms with van der Waals surface area (Å²) in [5.74, 6) is -0.328. The summed E-state index contributed by atoms with van der Waals surface area (Å²) in [6.45, 7) is 2.21. The Morgan fingerprint density at radius 2 is 1.43 bits per heavy atom. The summed E-state index contributed by atoms with van der Waals surface area (Å²) < 4.78 is 12.8. The van der Waals surface area contributed by atoms with Crippen LogP contribution >= 0.6 is 0 Å². The monoisotopic (exact) mass is 314 g/mol. The Hall–Kier alpha value is -2.36. The summed E-state index contributed by atoms with van der Waals surface area (Å²) in [5.41, 5.74) is 2.57. The number of carbonyl (C=O) groups is 1. The molecule has 4 heteroatoms. The van der Waals surface area contributed by atoms with Gasteiger partial charge in [-0.3, -0.25) is 0 Å². The summed E-state index contributed by atoms with van der Waals surface area (Å²) >= 11 is 0. The number of aryl methyl sites for hydroxylation is 1. The van der Waals surface area contributed by atoms with E-state index in [4.69, 9.17) is 0 Å². The normalized spacial score (nSPS) is 10.3. The van der Waals surface area contributed by atoms with Crippen molar-refractivity contribution in [3.8, 4) is 0 Å². The second kappa shape index (κ2) is 8.93. The number of carbonyl (C=O) groups excluding carboxylic acids is 1. The maximum atomic E-state index is 12.8. The average molecular weight is 314 g/mol. The van der Waals surface area contributed by atoms with Gasteiger partial charge in [-0.05, 0) is 54.8 Å². The number of anilines is 2. The molecule has 0 atom stereocenters. The molecule has 0 unspecified atom stereocenters. The molecule has 2 amide bonds. The Balaban J connectivity index is 1.80. The van der Waals surface area contributed by atoms with Gasteiger partial charge in [0.2, 0.25) is 0 Å². The summed E-state index contributed by atoms with van der Waals surface area (Å²) in [6, 6.07) is 13.2. The van der Waals surface area contributed by atoms with E-state index in [1.54, 1.807) is 0 Å². The molecular weight excluding hydrogens is 291 g/mol. The Morgan fingerprint density at radius 1 is 0.870 bits per heavy atom. The largest absolute Gasteiger partial charge is 0.323 e. The first kappa shape index (κ1) is 17.0.